The van der Waals surface area contributed by atoms with E-state index in [-0.39, 0.29) is 37.7 Å². The Hall–Kier alpha value is -4.63. The molecule has 2 aliphatic rings. The third-order valence-electron chi connectivity index (χ3n) is 7.62. The van der Waals surface area contributed by atoms with Crippen molar-refractivity contribution in [1.29, 1.82) is 5.26 Å². The number of thioether (sulfide) groups is 1. The van der Waals surface area contributed by atoms with Gasteiger partial charge >= 0.3 is 5.97 Å². The quantitative estimate of drug-likeness (QED) is 0.330. The Balaban J connectivity index is 1.15. The molecule has 0 spiro atoms. The molecule has 1 fully saturated rings. The number of fused-ring (bicyclic) bond motifs is 1. The summed E-state index contributed by atoms with van der Waals surface area (Å²) in [7, 11) is 0. The summed E-state index contributed by atoms with van der Waals surface area (Å²) in [6.45, 7) is 1.71. The molecule has 0 radical (unpaired) electrons. The van der Waals surface area contributed by atoms with Gasteiger partial charge in [-0.05, 0) is 61.7 Å². The van der Waals surface area contributed by atoms with Gasteiger partial charge in [-0.15, -0.1) is 11.8 Å². The first-order valence-corrected chi connectivity index (χ1v) is 14.7. The molecular formula is C31H30FN5O5S. The number of hydrogen-bond acceptors (Lipinski definition) is 8. The number of hydrogen-bond donors (Lipinski definition) is 2. The molecule has 2 aliphatic heterocycles. The summed E-state index contributed by atoms with van der Waals surface area (Å²) in [4.78, 5) is 44.9. The number of halogens is 1. The zero-order chi connectivity index (χ0) is 30.5. The number of nitrogens with zero attached hydrogens (tertiary/aromatic N) is 4. The van der Waals surface area contributed by atoms with E-state index in [9.17, 15) is 18.8 Å². The average Bonchev–Trinajstić information content (AvgIpc) is 3.33. The van der Waals surface area contributed by atoms with E-state index in [1.807, 2.05) is 23.1 Å². The van der Waals surface area contributed by atoms with Gasteiger partial charge in [0, 0.05) is 47.0 Å². The molecule has 0 unspecified atom stereocenters. The molecule has 0 saturated carbocycles. The molecule has 5 rings (SSSR count). The zero-order valence-corrected chi connectivity index (χ0v) is 24.1. The van der Waals surface area contributed by atoms with E-state index in [1.165, 1.54) is 11.0 Å². The van der Waals surface area contributed by atoms with Crippen LogP contribution in [-0.2, 0) is 22.7 Å². The smallest absolute Gasteiger partial charge is 0.303 e. The van der Waals surface area contributed by atoms with Crippen LogP contribution in [0.5, 0.6) is 5.75 Å². The molecule has 222 valence electrons. The summed E-state index contributed by atoms with van der Waals surface area (Å²) in [6.07, 6.45) is 3.22. The summed E-state index contributed by atoms with van der Waals surface area (Å²) >= 11 is 1.74. The van der Waals surface area contributed by atoms with Crippen molar-refractivity contribution < 1.29 is 28.6 Å². The second kappa shape index (κ2) is 13.1. The van der Waals surface area contributed by atoms with Gasteiger partial charge in [0.2, 0.25) is 5.91 Å². The molecule has 3 N–H and O–H groups in total. The van der Waals surface area contributed by atoms with E-state index >= 15 is 0 Å². The van der Waals surface area contributed by atoms with Crippen LogP contribution >= 0.6 is 11.8 Å². The van der Waals surface area contributed by atoms with Crippen molar-refractivity contribution >= 4 is 35.2 Å². The van der Waals surface area contributed by atoms with Crippen molar-refractivity contribution in [3.05, 3.63) is 82.9 Å². The van der Waals surface area contributed by atoms with Crippen LogP contribution in [0.4, 0.5) is 10.1 Å². The van der Waals surface area contributed by atoms with Gasteiger partial charge in [-0.2, -0.15) is 5.26 Å². The highest BCUT2D eigenvalue weighted by Crippen LogP contribution is 2.35. The van der Waals surface area contributed by atoms with Crippen LogP contribution in [0.25, 0.3) is 0 Å². The minimum absolute atomic E-state index is 0.0658. The number of carbonyl (C=O) groups is 3. The number of piperidine rings is 1. The van der Waals surface area contributed by atoms with Gasteiger partial charge in [0.25, 0.3) is 5.91 Å². The van der Waals surface area contributed by atoms with Crippen LogP contribution in [0.15, 0.2) is 59.6 Å². The van der Waals surface area contributed by atoms with Crippen LogP contribution < -0.4 is 15.4 Å². The lowest BCUT2D eigenvalue weighted by atomic mass is 10.1. The van der Waals surface area contributed by atoms with E-state index in [2.05, 4.69) is 4.98 Å². The van der Waals surface area contributed by atoms with Gasteiger partial charge in [0.05, 0.1) is 29.6 Å². The lowest BCUT2D eigenvalue weighted by Crippen LogP contribution is -2.45. The summed E-state index contributed by atoms with van der Waals surface area (Å²) in [5, 5.41) is 18.3. The van der Waals surface area contributed by atoms with Crippen LogP contribution in [-0.4, -0.2) is 57.2 Å². The van der Waals surface area contributed by atoms with Gasteiger partial charge in [0.15, 0.2) is 0 Å². The normalized spacial score (nSPS) is 15.6. The molecule has 12 heteroatoms. The third kappa shape index (κ3) is 6.89. The molecule has 2 aromatic carbocycles. The van der Waals surface area contributed by atoms with Gasteiger partial charge in [0.1, 0.15) is 24.2 Å². The summed E-state index contributed by atoms with van der Waals surface area (Å²) in [6, 6.07) is 14.5. The van der Waals surface area contributed by atoms with Crippen molar-refractivity contribution in [3.8, 4) is 11.8 Å². The Morgan fingerprint density at radius 3 is 2.65 bits per heavy atom. The molecular weight excluding hydrogens is 573 g/mol. The van der Waals surface area contributed by atoms with Gasteiger partial charge < -0.3 is 25.4 Å². The third-order valence-corrected chi connectivity index (χ3v) is 8.94. The number of carboxylic acids is 1. The highest BCUT2D eigenvalue weighted by molar-refractivity contribution is 8.00. The SMILES string of the molecule is N#Cc1ccc(N2CCC(Sc3ccc(COc4cccc5c4CN([C@@H](CCC(=O)O)C(N)=O)C5=O)nc3)CC2)c(F)c1. The topological polar surface area (TPSA) is 150 Å². The van der Waals surface area contributed by atoms with E-state index in [4.69, 9.17) is 20.8 Å². The second-order valence-corrected chi connectivity index (χ2v) is 11.8. The first-order valence-electron chi connectivity index (χ1n) is 13.9. The van der Waals surface area contributed by atoms with Crippen LogP contribution in [0, 0.1) is 17.1 Å². The zero-order valence-electron chi connectivity index (χ0n) is 23.2. The van der Waals surface area contributed by atoms with Crippen molar-refractivity contribution in [1.82, 2.24) is 9.88 Å². The van der Waals surface area contributed by atoms with Crippen molar-refractivity contribution in [2.45, 2.75) is 55.0 Å². The number of ether oxygens (including phenoxy) is 1. The molecule has 3 heterocycles. The molecule has 1 atom stereocenters. The minimum Gasteiger partial charge on any atom is -0.487 e. The van der Waals surface area contributed by atoms with Gasteiger partial charge in [-0.1, -0.05) is 6.07 Å². The second-order valence-electron chi connectivity index (χ2n) is 10.4. The Kier molecular flexibility index (Phi) is 9.11. The first kappa shape index (κ1) is 29.8. The molecule has 0 bridgehead atoms. The number of aromatic nitrogens is 1. The number of amides is 2. The Morgan fingerprint density at radius 2 is 2.00 bits per heavy atom. The maximum atomic E-state index is 14.4. The number of aliphatic carboxylic acids is 1. The maximum absolute atomic E-state index is 14.4. The van der Waals surface area contributed by atoms with Crippen molar-refractivity contribution in [2.24, 2.45) is 5.73 Å². The summed E-state index contributed by atoms with van der Waals surface area (Å²) in [5.74, 6) is -2.10. The van der Waals surface area contributed by atoms with E-state index in [1.54, 1.807) is 48.3 Å². The first-order chi connectivity index (χ1) is 20.7. The molecule has 3 aromatic rings. The minimum atomic E-state index is -1.07. The fourth-order valence-electron chi connectivity index (χ4n) is 5.38. The molecule has 2 amide bonds. The van der Waals surface area contributed by atoms with Crippen LogP contribution in [0.2, 0.25) is 0 Å². The van der Waals surface area contributed by atoms with Crippen LogP contribution in [0.1, 0.15) is 52.9 Å². The van der Waals surface area contributed by atoms with E-state index < -0.39 is 17.9 Å². The monoisotopic (exact) mass is 603 g/mol. The fraction of sp³-hybridized carbons (Fsp3) is 0.323. The number of nitriles is 1. The van der Waals surface area contributed by atoms with Gasteiger partial charge in [-0.3, -0.25) is 19.4 Å². The molecule has 43 heavy (non-hydrogen) atoms. The predicted octanol–water partition coefficient (Wildman–Crippen LogP) is 4.11. The van der Waals surface area contributed by atoms with Gasteiger partial charge in [-0.25, -0.2) is 4.39 Å². The fourth-order valence-corrected chi connectivity index (χ4v) is 6.47. The maximum Gasteiger partial charge on any atom is 0.303 e. The molecule has 1 saturated heterocycles. The standard InChI is InChI=1S/C31H30FN5O5S/c32-25-14-19(15-33)4-7-26(25)36-12-10-21(11-13-36)43-22-6-5-20(35-16-22)18-42-28-3-1-2-23-24(28)17-37(31(23)41)27(30(34)40)8-9-29(38)39/h1-7,14,16,21,27H,8-13,17-18H2,(H2,34,40)(H,38,39)/t27-/m0/s1. The van der Waals surface area contributed by atoms with Crippen LogP contribution in [0.3, 0.4) is 0 Å². The number of carboxylic acid groups (broad SMARTS) is 1. The van der Waals surface area contributed by atoms with Crippen molar-refractivity contribution in [2.75, 3.05) is 18.0 Å². The average molecular weight is 604 g/mol. The highest BCUT2D eigenvalue weighted by atomic mass is 32.2. The number of anilines is 1. The molecule has 0 aliphatic carbocycles. The largest absolute Gasteiger partial charge is 0.487 e. The number of benzene rings is 2. The molecule has 1 aromatic heterocycles. The number of rotatable bonds is 11. The predicted molar refractivity (Wildman–Crippen MR) is 157 cm³/mol. The number of carbonyl (C=O) groups excluding carboxylic acids is 2. The lowest BCUT2D eigenvalue weighted by molar-refractivity contribution is -0.137. The Labute approximate surface area is 252 Å². The highest BCUT2D eigenvalue weighted by Gasteiger charge is 2.37. The number of primary amides is 1. The van der Waals surface area contributed by atoms with E-state index in [0.717, 1.165) is 30.8 Å². The Bertz CT molecular complexity index is 1570. The van der Waals surface area contributed by atoms with E-state index in [0.29, 0.717) is 39.1 Å². The lowest BCUT2D eigenvalue weighted by Gasteiger charge is -2.33. The summed E-state index contributed by atoms with van der Waals surface area (Å²) in [5.41, 5.74) is 8.05. The number of nitrogens with two attached hydrogens (primary N) is 1. The Morgan fingerprint density at radius 1 is 1.21 bits per heavy atom. The number of pyridine rings is 1. The molecule has 10 nitrogen and oxygen atoms in total. The van der Waals surface area contributed by atoms with Crippen molar-refractivity contribution in [3.63, 3.8) is 0 Å². The summed E-state index contributed by atoms with van der Waals surface area (Å²) < 4.78 is 20.4.